The van der Waals surface area contributed by atoms with Crippen molar-refractivity contribution in [3.05, 3.63) is 53.6 Å². The Morgan fingerprint density at radius 2 is 1.06 bits per heavy atom. The van der Waals surface area contributed by atoms with E-state index in [4.69, 9.17) is 0 Å². The molecule has 2 aliphatic rings. The maximum Gasteiger partial charge on any atom is -0.0101 e. The maximum atomic E-state index is 2.48. The standard InChI is InChI=1S/C30H43P/c1-22(2)26-18-11-12-19-28(26)29-21-13-20-27(23(3)4)30(29)31(24-14-7-5-8-15-24)25-16-9-6-10-17-25/h11-13,18-25H,5-10,14-17H2,1-4H3. The molecule has 0 unspecified atom stereocenters. The fourth-order valence-electron chi connectivity index (χ4n) is 6.16. The minimum absolute atomic E-state index is 0.121. The van der Waals surface area contributed by atoms with Gasteiger partial charge in [0.1, 0.15) is 0 Å². The van der Waals surface area contributed by atoms with Gasteiger partial charge in [-0.3, -0.25) is 0 Å². The van der Waals surface area contributed by atoms with Crippen LogP contribution in [-0.4, -0.2) is 11.3 Å². The summed E-state index contributed by atoms with van der Waals surface area (Å²) in [6.07, 6.45) is 14.6. The molecule has 0 aromatic heterocycles. The van der Waals surface area contributed by atoms with E-state index in [2.05, 4.69) is 70.2 Å². The zero-order valence-electron chi connectivity index (χ0n) is 20.4. The van der Waals surface area contributed by atoms with Gasteiger partial charge in [-0.1, -0.05) is 117 Å². The molecule has 0 spiro atoms. The second-order valence-corrected chi connectivity index (χ2v) is 13.4. The number of rotatable bonds is 6. The maximum absolute atomic E-state index is 2.48. The van der Waals surface area contributed by atoms with E-state index in [1.807, 2.05) is 0 Å². The summed E-state index contributed by atoms with van der Waals surface area (Å²) in [5.41, 5.74) is 8.14. The highest BCUT2D eigenvalue weighted by atomic mass is 31.1. The van der Waals surface area contributed by atoms with Crippen LogP contribution in [0.2, 0.25) is 0 Å². The van der Waals surface area contributed by atoms with Crippen molar-refractivity contribution >= 4 is 13.2 Å². The first-order valence-corrected chi connectivity index (χ1v) is 14.6. The van der Waals surface area contributed by atoms with Gasteiger partial charge in [0.15, 0.2) is 0 Å². The van der Waals surface area contributed by atoms with Crippen LogP contribution in [0.5, 0.6) is 0 Å². The van der Waals surface area contributed by atoms with Gasteiger partial charge in [0.2, 0.25) is 0 Å². The molecule has 0 aliphatic heterocycles. The molecular weight excluding hydrogens is 391 g/mol. The highest BCUT2D eigenvalue weighted by Crippen LogP contribution is 2.57. The van der Waals surface area contributed by atoms with Crippen molar-refractivity contribution in [3.8, 4) is 11.1 Å². The van der Waals surface area contributed by atoms with Crippen molar-refractivity contribution in [2.75, 3.05) is 0 Å². The summed E-state index contributed by atoms with van der Waals surface area (Å²) in [5.74, 6) is 1.15. The summed E-state index contributed by atoms with van der Waals surface area (Å²) in [7, 11) is -0.121. The molecule has 1 heteroatoms. The van der Waals surface area contributed by atoms with E-state index >= 15 is 0 Å². The number of hydrogen-bond acceptors (Lipinski definition) is 0. The fraction of sp³-hybridized carbons (Fsp3) is 0.600. The average molecular weight is 435 g/mol. The zero-order valence-corrected chi connectivity index (χ0v) is 21.3. The SMILES string of the molecule is CC(C)c1ccccc1-c1cccc(C(C)C)c1P(C1CCCCC1)C1CCCCC1. The predicted molar refractivity (Wildman–Crippen MR) is 140 cm³/mol. The second kappa shape index (κ2) is 10.7. The molecule has 0 saturated heterocycles. The summed E-state index contributed by atoms with van der Waals surface area (Å²) in [4.78, 5) is 0. The molecule has 2 fully saturated rings. The van der Waals surface area contributed by atoms with Gasteiger partial charge in [-0.25, -0.2) is 0 Å². The van der Waals surface area contributed by atoms with E-state index < -0.39 is 0 Å². The van der Waals surface area contributed by atoms with Crippen LogP contribution in [0.1, 0.15) is 115 Å². The first kappa shape index (κ1) is 23.0. The summed E-state index contributed by atoms with van der Waals surface area (Å²) < 4.78 is 0. The van der Waals surface area contributed by atoms with Gasteiger partial charge in [-0.15, -0.1) is 0 Å². The molecule has 168 valence electrons. The Bertz CT molecular complexity index is 819. The third-order valence-electron chi connectivity index (χ3n) is 7.76. The fourth-order valence-corrected chi connectivity index (χ4v) is 10.4. The third kappa shape index (κ3) is 5.11. The average Bonchev–Trinajstić information content (AvgIpc) is 2.80. The number of benzene rings is 2. The minimum Gasteiger partial charge on any atom is -0.0680 e. The smallest absolute Gasteiger partial charge is 0.0101 e. The van der Waals surface area contributed by atoms with Crippen molar-refractivity contribution in [3.63, 3.8) is 0 Å². The molecule has 0 amide bonds. The summed E-state index contributed by atoms with van der Waals surface area (Å²) in [6.45, 7) is 9.56. The van der Waals surface area contributed by atoms with E-state index in [9.17, 15) is 0 Å². The Hall–Kier alpha value is -1.13. The molecule has 0 N–H and O–H groups in total. The molecule has 0 nitrogen and oxygen atoms in total. The van der Waals surface area contributed by atoms with Crippen LogP contribution in [0.4, 0.5) is 0 Å². The molecule has 0 heterocycles. The Labute approximate surface area is 193 Å². The molecule has 4 rings (SSSR count). The van der Waals surface area contributed by atoms with Crippen LogP contribution in [0.3, 0.4) is 0 Å². The summed E-state index contributed by atoms with van der Waals surface area (Å²) in [5, 5.41) is 1.81. The lowest BCUT2D eigenvalue weighted by atomic mass is 9.90. The first-order chi connectivity index (χ1) is 15.1. The van der Waals surface area contributed by atoms with Crippen molar-refractivity contribution in [2.45, 2.75) is 115 Å². The zero-order chi connectivity index (χ0) is 21.8. The predicted octanol–water partition coefficient (Wildman–Crippen LogP) is 9.37. The van der Waals surface area contributed by atoms with Gasteiger partial charge >= 0.3 is 0 Å². The van der Waals surface area contributed by atoms with Crippen molar-refractivity contribution in [2.24, 2.45) is 0 Å². The van der Waals surface area contributed by atoms with Crippen LogP contribution >= 0.6 is 7.92 Å². The van der Waals surface area contributed by atoms with Gasteiger partial charge < -0.3 is 0 Å². The van der Waals surface area contributed by atoms with Crippen LogP contribution in [-0.2, 0) is 0 Å². The highest BCUT2D eigenvalue weighted by Gasteiger charge is 2.35. The lowest BCUT2D eigenvalue weighted by Crippen LogP contribution is -2.29. The van der Waals surface area contributed by atoms with E-state index in [0.717, 1.165) is 11.3 Å². The lowest BCUT2D eigenvalue weighted by Gasteiger charge is -2.41. The molecule has 2 saturated carbocycles. The minimum atomic E-state index is -0.121. The van der Waals surface area contributed by atoms with Crippen LogP contribution in [0.25, 0.3) is 11.1 Å². The van der Waals surface area contributed by atoms with Crippen molar-refractivity contribution in [1.82, 2.24) is 0 Å². The summed E-state index contributed by atoms with van der Waals surface area (Å²) >= 11 is 0. The van der Waals surface area contributed by atoms with Gasteiger partial charge in [-0.2, -0.15) is 0 Å². The van der Waals surface area contributed by atoms with E-state index in [0.29, 0.717) is 11.8 Å². The largest absolute Gasteiger partial charge is 0.0680 e. The highest BCUT2D eigenvalue weighted by molar-refractivity contribution is 7.67. The van der Waals surface area contributed by atoms with Crippen LogP contribution in [0.15, 0.2) is 42.5 Å². The second-order valence-electron chi connectivity index (χ2n) is 10.6. The number of hydrogen-bond donors (Lipinski definition) is 0. The van der Waals surface area contributed by atoms with Gasteiger partial charge in [0.05, 0.1) is 0 Å². The van der Waals surface area contributed by atoms with E-state index in [1.54, 1.807) is 16.4 Å². The Kier molecular flexibility index (Phi) is 7.92. The van der Waals surface area contributed by atoms with Crippen molar-refractivity contribution in [1.29, 1.82) is 0 Å². The van der Waals surface area contributed by atoms with Crippen molar-refractivity contribution < 1.29 is 0 Å². The quantitative estimate of drug-likeness (QED) is 0.397. The lowest BCUT2D eigenvalue weighted by molar-refractivity contribution is 0.487. The Morgan fingerprint density at radius 1 is 0.581 bits per heavy atom. The van der Waals surface area contributed by atoms with E-state index in [-0.39, 0.29) is 7.92 Å². The molecule has 0 bridgehead atoms. The normalized spacial score (nSPS) is 18.9. The van der Waals surface area contributed by atoms with Gasteiger partial charge in [0.25, 0.3) is 0 Å². The summed E-state index contributed by atoms with van der Waals surface area (Å²) in [6, 6.07) is 16.6. The molecular formula is C30H43P. The van der Waals surface area contributed by atoms with Crippen LogP contribution in [0, 0.1) is 0 Å². The Balaban J connectivity index is 1.91. The molecule has 2 aromatic carbocycles. The van der Waals surface area contributed by atoms with Gasteiger partial charge in [0, 0.05) is 0 Å². The van der Waals surface area contributed by atoms with Gasteiger partial charge in [-0.05, 0) is 76.4 Å². The molecule has 2 aromatic rings. The third-order valence-corrected chi connectivity index (χ3v) is 11.4. The Morgan fingerprint density at radius 3 is 1.61 bits per heavy atom. The molecule has 0 radical (unpaired) electrons. The van der Waals surface area contributed by atoms with Crippen LogP contribution < -0.4 is 5.30 Å². The first-order valence-electron chi connectivity index (χ1n) is 13.1. The monoisotopic (exact) mass is 434 g/mol. The molecule has 0 atom stereocenters. The molecule has 31 heavy (non-hydrogen) atoms. The van der Waals surface area contributed by atoms with E-state index in [1.165, 1.54) is 75.3 Å². The topological polar surface area (TPSA) is 0 Å². The molecule has 2 aliphatic carbocycles.